The van der Waals surface area contributed by atoms with Crippen LogP contribution in [0.15, 0.2) is 97.1 Å². The standard InChI is InChI=1S/C27H26NP/c1-20-18-21(2)27(22(3)19-20)28-25-16-10-11-17-26(25)29(23-12-6-4-7-13-23)24-14-8-5-9-15-24/h4-19,28H,1-3H3. The van der Waals surface area contributed by atoms with E-state index in [1.165, 1.54) is 44.0 Å². The van der Waals surface area contributed by atoms with Gasteiger partial charge in [-0.05, 0) is 56.5 Å². The van der Waals surface area contributed by atoms with E-state index in [1.807, 2.05) is 0 Å². The molecule has 0 bridgehead atoms. The molecule has 0 aliphatic carbocycles. The van der Waals surface area contributed by atoms with Gasteiger partial charge >= 0.3 is 0 Å². The molecular weight excluding hydrogens is 369 g/mol. The highest BCUT2D eigenvalue weighted by Gasteiger charge is 2.19. The van der Waals surface area contributed by atoms with Crippen molar-refractivity contribution in [3.63, 3.8) is 0 Å². The Kier molecular flexibility index (Phi) is 5.79. The number of anilines is 2. The molecule has 0 aliphatic heterocycles. The summed E-state index contributed by atoms with van der Waals surface area (Å²) in [6.07, 6.45) is 0. The number of nitrogens with one attached hydrogen (secondary N) is 1. The molecule has 0 radical (unpaired) electrons. The van der Waals surface area contributed by atoms with Crippen molar-refractivity contribution in [3.8, 4) is 0 Å². The minimum absolute atomic E-state index is 0.651. The van der Waals surface area contributed by atoms with Crippen LogP contribution >= 0.6 is 7.92 Å². The summed E-state index contributed by atoms with van der Waals surface area (Å²) in [6.45, 7) is 6.52. The maximum Gasteiger partial charge on any atom is 0.0469 e. The largest absolute Gasteiger partial charge is 0.355 e. The monoisotopic (exact) mass is 395 g/mol. The Hall–Kier alpha value is -2.89. The highest BCUT2D eigenvalue weighted by molar-refractivity contribution is 7.80. The van der Waals surface area contributed by atoms with E-state index in [2.05, 4.69) is 123 Å². The molecule has 0 saturated carbocycles. The first-order valence-electron chi connectivity index (χ1n) is 9.97. The van der Waals surface area contributed by atoms with E-state index in [0.29, 0.717) is 0 Å². The Morgan fingerprint density at radius 1 is 0.586 bits per heavy atom. The second kappa shape index (κ2) is 8.64. The molecule has 0 spiro atoms. The third kappa shape index (κ3) is 4.26. The molecule has 2 heteroatoms. The fraction of sp³-hybridized carbons (Fsp3) is 0.111. The molecule has 4 rings (SSSR count). The van der Waals surface area contributed by atoms with Crippen LogP contribution in [0.5, 0.6) is 0 Å². The van der Waals surface area contributed by atoms with E-state index in [-0.39, 0.29) is 0 Å². The molecule has 0 aromatic heterocycles. The van der Waals surface area contributed by atoms with Crippen molar-refractivity contribution in [2.24, 2.45) is 0 Å². The molecule has 29 heavy (non-hydrogen) atoms. The summed E-state index contributed by atoms with van der Waals surface area (Å²) in [5, 5.41) is 7.84. The predicted octanol–water partition coefficient (Wildman–Crippen LogP) is 6.11. The maximum atomic E-state index is 3.77. The molecule has 0 heterocycles. The third-order valence-electron chi connectivity index (χ3n) is 5.11. The van der Waals surface area contributed by atoms with Gasteiger partial charge in [0.1, 0.15) is 0 Å². The molecule has 4 aromatic rings. The summed E-state index contributed by atoms with van der Waals surface area (Å²) in [5.41, 5.74) is 6.25. The average Bonchev–Trinajstić information content (AvgIpc) is 2.73. The minimum Gasteiger partial charge on any atom is -0.355 e. The molecule has 4 aromatic carbocycles. The summed E-state index contributed by atoms with van der Waals surface area (Å²) < 4.78 is 0. The van der Waals surface area contributed by atoms with Crippen LogP contribution in [0, 0.1) is 20.8 Å². The fourth-order valence-electron chi connectivity index (χ4n) is 3.87. The van der Waals surface area contributed by atoms with Crippen LogP contribution in [0.4, 0.5) is 11.4 Å². The van der Waals surface area contributed by atoms with Gasteiger partial charge in [0.15, 0.2) is 0 Å². The first kappa shape index (κ1) is 19.4. The summed E-state index contributed by atoms with van der Waals surface area (Å²) >= 11 is 0. The average molecular weight is 395 g/mol. The lowest BCUT2D eigenvalue weighted by Gasteiger charge is -2.24. The van der Waals surface area contributed by atoms with E-state index >= 15 is 0 Å². The zero-order valence-electron chi connectivity index (χ0n) is 17.2. The quantitative estimate of drug-likeness (QED) is 0.402. The van der Waals surface area contributed by atoms with E-state index in [9.17, 15) is 0 Å². The molecule has 144 valence electrons. The summed E-state index contributed by atoms with van der Waals surface area (Å²) in [6, 6.07) is 34.9. The van der Waals surface area contributed by atoms with E-state index in [4.69, 9.17) is 0 Å². The molecule has 0 unspecified atom stereocenters. The van der Waals surface area contributed by atoms with Crippen molar-refractivity contribution in [3.05, 3.63) is 114 Å². The Balaban J connectivity index is 1.84. The normalized spacial score (nSPS) is 10.9. The lowest BCUT2D eigenvalue weighted by Crippen LogP contribution is -2.22. The second-order valence-corrected chi connectivity index (χ2v) is 9.61. The van der Waals surface area contributed by atoms with Gasteiger partial charge in [0.05, 0.1) is 0 Å². The maximum absolute atomic E-state index is 3.77. The van der Waals surface area contributed by atoms with Gasteiger partial charge in [-0.3, -0.25) is 0 Å². The van der Waals surface area contributed by atoms with Crippen LogP contribution in [-0.4, -0.2) is 0 Å². The van der Waals surface area contributed by atoms with E-state index < -0.39 is 7.92 Å². The van der Waals surface area contributed by atoms with Crippen LogP contribution in [0.1, 0.15) is 16.7 Å². The van der Waals surface area contributed by atoms with Crippen molar-refractivity contribution < 1.29 is 0 Å². The number of aryl methyl sites for hydroxylation is 3. The summed E-state index contributed by atoms with van der Waals surface area (Å²) in [7, 11) is -0.651. The lowest BCUT2D eigenvalue weighted by molar-refractivity contribution is 1.31. The first-order valence-corrected chi connectivity index (χ1v) is 11.3. The van der Waals surface area contributed by atoms with Gasteiger partial charge in [-0.25, -0.2) is 0 Å². The van der Waals surface area contributed by atoms with E-state index in [1.54, 1.807) is 0 Å². The van der Waals surface area contributed by atoms with Gasteiger partial charge in [0.25, 0.3) is 0 Å². The second-order valence-electron chi connectivity index (χ2n) is 7.42. The topological polar surface area (TPSA) is 12.0 Å². The van der Waals surface area contributed by atoms with Gasteiger partial charge in [-0.2, -0.15) is 0 Å². The van der Waals surface area contributed by atoms with Gasteiger partial charge in [0.2, 0.25) is 0 Å². The number of hydrogen-bond acceptors (Lipinski definition) is 1. The molecule has 1 nitrogen and oxygen atoms in total. The molecule has 0 amide bonds. The molecule has 0 fully saturated rings. The van der Waals surface area contributed by atoms with Crippen LogP contribution in [0.25, 0.3) is 0 Å². The zero-order chi connectivity index (χ0) is 20.2. The number of benzene rings is 4. The van der Waals surface area contributed by atoms with Crippen LogP contribution < -0.4 is 21.2 Å². The van der Waals surface area contributed by atoms with Crippen LogP contribution in [0.2, 0.25) is 0 Å². The third-order valence-corrected chi connectivity index (χ3v) is 7.61. The lowest BCUT2D eigenvalue weighted by atomic mass is 10.0. The van der Waals surface area contributed by atoms with Crippen molar-refractivity contribution in [2.45, 2.75) is 20.8 Å². The van der Waals surface area contributed by atoms with Crippen LogP contribution in [0.3, 0.4) is 0 Å². The van der Waals surface area contributed by atoms with Crippen molar-refractivity contribution >= 4 is 35.2 Å². The summed E-state index contributed by atoms with van der Waals surface area (Å²) in [5.74, 6) is 0. The highest BCUT2D eigenvalue weighted by atomic mass is 31.1. The minimum atomic E-state index is -0.651. The molecule has 0 saturated heterocycles. The number of rotatable bonds is 5. The molecule has 0 aliphatic rings. The predicted molar refractivity (Wildman–Crippen MR) is 129 cm³/mol. The van der Waals surface area contributed by atoms with Crippen molar-refractivity contribution in [2.75, 3.05) is 5.32 Å². The molecule has 1 N–H and O–H groups in total. The Labute approximate surface area is 175 Å². The Bertz CT molecular complexity index is 1040. The van der Waals surface area contributed by atoms with Crippen molar-refractivity contribution in [1.29, 1.82) is 0 Å². The number of hydrogen-bond donors (Lipinski definition) is 1. The van der Waals surface area contributed by atoms with Gasteiger partial charge in [-0.15, -0.1) is 0 Å². The highest BCUT2D eigenvalue weighted by Crippen LogP contribution is 2.37. The van der Waals surface area contributed by atoms with Crippen LogP contribution in [-0.2, 0) is 0 Å². The SMILES string of the molecule is Cc1cc(C)c(Nc2ccccc2P(c2ccccc2)c2ccccc2)c(C)c1. The Morgan fingerprint density at radius 2 is 1.07 bits per heavy atom. The van der Waals surface area contributed by atoms with Crippen molar-refractivity contribution in [1.82, 2.24) is 0 Å². The smallest absolute Gasteiger partial charge is 0.0469 e. The number of para-hydroxylation sites is 1. The fourth-order valence-corrected chi connectivity index (χ4v) is 6.27. The van der Waals surface area contributed by atoms with Gasteiger partial charge < -0.3 is 5.32 Å². The molecular formula is C27H26NP. The van der Waals surface area contributed by atoms with Gasteiger partial charge in [-0.1, -0.05) is 96.6 Å². The first-order chi connectivity index (χ1) is 14.1. The molecule has 0 atom stereocenters. The summed E-state index contributed by atoms with van der Waals surface area (Å²) in [4.78, 5) is 0. The Morgan fingerprint density at radius 3 is 1.62 bits per heavy atom. The van der Waals surface area contributed by atoms with E-state index in [0.717, 1.165) is 0 Å². The van der Waals surface area contributed by atoms with Gasteiger partial charge in [0, 0.05) is 16.7 Å². The zero-order valence-corrected chi connectivity index (χ0v) is 18.1.